The summed E-state index contributed by atoms with van der Waals surface area (Å²) in [5, 5.41) is 10.6. The third-order valence-electron chi connectivity index (χ3n) is 3.67. The van der Waals surface area contributed by atoms with Crippen LogP contribution in [-0.4, -0.2) is 5.11 Å². The van der Waals surface area contributed by atoms with E-state index in [0.717, 1.165) is 29.3 Å². The second-order valence-electron chi connectivity index (χ2n) is 4.68. The Hall–Kier alpha value is -0.340. The van der Waals surface area contributed by atoms with Gasteiger partial charge in [-0.15, -0.1) is 0 Å². The van der Waals surface area contributed by atoms with E-state index in [2.05, 4.69) is 35.8 Å². The van der Waals surface area contributed by atoms with Gasteiger partial charge in [0.1, 0.15) is 0 Å². The van der Waals surface area contributed by atoms with E-state index >= 15 is 0 Å². The van der Waals surface area contributed by atoms with Crippen LogP contribution in [0.5, 0.6) is 0 Å². The highest BCUT2D eigenvalue weighted by Gasteiger charge is 2.39. The Morgan fingerprint density at radius 1 is 1.47 bits per heavy atom. The highest BCUT2D eigenvalue weighted by atomic mass is 79.9. The Balaban J connectivity index is 2.40. The van der Waals surface area contributed by atoms with E-state index in [0.29, 0.717) is 5.92 Å². The highest BCUT2D eigenvalue weighted by Crippen LogP contribution is 2.43. The van der Waals surface area contributed by atoms with E-state index in [1.54, 1.807) is 0 Å². The molecule has 0 unspecified atom stereocenters. The van der Waals surface area contributed by atoms with Crippen LogP contribution >= 0.6 is 15.9 Å². The van der Waals surface area contributed by atoms with Crippen LogP contribution in [0.25, 0.3) is 0 Å². The zero-order chi connectivity index (χ0) is 11.1. The van der Waals surface area contributed by atoms with Crippen molar-refractivity contribution < 1.29 is 5.11 Å². The van der Waals surface area contributed by atoms with Crippen molar-refractivity contribution in [2.75, 3.05) is 0 Å². The fourth-order valence-corrected chi connectivity index (χ4v) is 2.75. The van der Waals surface area contributed by atoms with Gasteiger partial charge >= 0.3 is 0 Å². The van der Waals surface area contributed by atoms with Crippen molar-refractivity contribution in [3.8, 4) is 0 Å². The Morgan fingerprint density at radius 3 is 2.73 bits per heavy atom. The molecule has 1 fully saturated rings. The summed E-state index contributed by atoms with van der Waals surface area (Å²) in [5.74, 6) is 0.373. The molecule has 1 saturated carbocycles. The fraction of sp³-hybridized carbons (Fsp3) is 0.538. The quantitative estimate of drug-likeness (QED) is 0.822. The number of rotatable bonds is 1. The number of aliphatic hydroxyl groups is 1. The monoisotopic (exact) mass is 268 g/mol. The number of hydrogen-bond donors (Lipinski definition) is 1. The average molecular weight is 269 g/mol. The van der Waals surface area contributed by atoms with Gasteiger partial charge in [0.2, 0.25) is 0 Å². The lowest BCUT2D eigenvalue weighted by Crippen LogP contribution is -2.28. The van der Waals surface area contributed by atoms with Crippen LogP contribution in [0.2, 0.25) is 0 Å². The SMILES string of the molecule is Cc1cc([C@]2(O)CCC[C@H]2C)ccc1Br. The minimum atomic E-state index is -0.592. The average Bonchev–Trinajstić information content (AvgIpc) is 2.53. The summed E-state index contributed by atoms with van der Waals surface area (Å²) in [4.78, 5) is 0. The molecule has 1 aromatic rings. The maximum atomic E-state index is 10.6. The van der Waals surface area contributed by atoms with Crippen molar-refractivity contribution >= 4 is 15.9 Å². The summed E-state index contributed by atoms with van der Waals surface area (Å²) in [7, 11) is 0. The first-order chi connectivity index (χ1) is 7.04. The van der Waals surface area contributed by atoms with Crippen molar-refractivity contribution in [3.05, 3.63) is 33.8 Å². The third kappa shape index (κ3) is 1.85. The third-order valence-corrected chi connectivity index (χ3v) is 4.56. The maximum absolute atomic E-state index is 10.6. The highest BCUT2D eigenvalue weighted by molar-refractivity contribution is 9.10. The van der Waals surface area contributed by atoms with Crippen molar-refractivity contribution in [2.24, 2.45) is 5.92 Å². The minimum Gasteiger partial charge on any atom is -0.385 e. The fourth-order valence-electron chi connectivity index (χ4n) is 2.51. The maximum Gasteiger partial charge on any atom is 0.0922 e. The second-order valence-corrected chi connectivity index (χ2v) is 5.54. The van der Waals surface area contributed by atoms with Crippen LogP contribution in [0, 0.1) is 12.8 Å². The lowest BCUT2D eigenvalue weighted by atomic mass is 9.84. The first kappa shape index (κ1) is 11.2. The molecule has 1 nitrogen and oxygen atoms in total. The normalized spacial score (nSPS) is 30.8. The van der Waals surface area contributed by atoms with Gasteiger partial charge in [-0.25, -0.2) is 0 Å². The molecule has 1 N–H and O–H groups in total. The van der Waals surface area contributed by atoms with E-state index in [4.69, 9.17) is 0 Å². The molecule has 0 heterocycles. The summed E-state index contributed by atoms with van der Waals surface area (Å²) in [6, 6.07) is 6.18. The van der Waals surface area contributed by atoms with Gasteiger partial charge in [-0.2, -0.15) is 0 Å². The molecule has 82 valence electrons. The van der Waals surface area contributed by atoms with Gasteiger partial charge in [0.25, 0.3) is 0 Å². The van der Waals surface area contributed by atoms with E-state index < -0.39 is 5.60 Å². The molecule has 0 amide bonds. The Morgan fingerprint density at radius 2 is 2.20 bits per heavy atom. The van der Waals surface area contributed by atoms with Crippen LogP contribution in [0.3, 0.4) is 0 Å². The zero-order valence-corrected chi connectivity index (χ0v) is 10.8. The van der Waals surface area contributed by atoms with E-state index in [1.807, 2.05) is 12.1 Å². The molecule has 0 saturated heterocycles. The van der Waals surface area contributed by atoms with Gasteiger partial charge in [-0.1, -0.05) is 35.0 Å². The van der Waals surface area contributed by atoms with Gasteiger partial charge in [-0.3, -0.25) is 0 Å². The smallest absolute Gasteiger partial charge is 0.0922 e. The Kier molecular flexibility index (Phi) is 2.91. The van der Waals surface area contributed by atoms with E-state index in [9.17, 15) is 5.11 Å². The molecule has 0 spiro atoms. The number of hydrogen-bond acceptors (Lipinski definition) is 1. The van der Waals surface area contributed by atoms with Crippen molar-refractivity contribution in [3.63, 3.8) is 0 Å². The van der Waals surface area contributed by atoms with Crippen LogP contribution in [0.1, 0.15) is 37.3 Å². The van der Waals surface area contributed by atoms with Crippen LogP contribution in [0.4, 0.5) is 0 Å². The van der Waals surface area contributed by atoms with Gasteiger partial charge in [0, 0.05) is 4.47 Å². The first-order valence-corrected chi connectivity index (χ1v) is 6.32. The van der Waals surface area contributed by atoms with Crippen molar-refractivity contribution in [1.29, 1.82) is 0 Å². The first-order valence-electron chi connectivity index (χ1n) is 5.53. The molecule has 2 heteroatoms. The van der Waals surface area contributed by atoms with E-state index in [1.165, 1.54) is 5.56 Å². The second kappa shape index (κ2) is 3.91. The van der Waals surface area contributed by atoms with Crippen molar-refractivity contribution in [2.45, 2.75) is 38.7 Å². The van der Waals surface area contributed by atoms with Crippen LogP contribution < -0.4 is 0 Å². The molecule has 0 aromatic heterocycles. The number of aryl methyl sites for hydroxylation is 1. The minimum absolute atomic E-state index is 0.373. The standard InChI is InChI=1S/C13H17BrO/c1-9-8-11(5-6-12(9)14)13(15)7-3-4-10(13)2/h5-6,8,10,15H,3-4,7H2,1-2H3/t10-,13+/m1/s1. The summed E-state index contributed by atoms with van der Waals surface area (Å²) < 4.78 is 1.11. The Labute approximate surface area is 99.6 Å². The molecule has 1 aliphatic rings. The number of benzene rings is 1. The van der Waals surface area contributed by atoms with Gasteiger partial charge in [0.15, 0.2) is 0 Å². The topological polar surface area (TPSA) is 20.2 Å². The molecule has 0 radical (unpaired) electrons. The lowest BCUT2D eigenvalue weighted by Gasteiger charge is -2.28. The molecule has 2 rings (SSSR count). The van der Waals surface area contributed by atoms with Gasteiger partial charge < -0.3 is 5.11 Å². The zero-order valence-electron chi connectivity index (χ0n) is 9.26. The molecule has 0 aliphatic heterocycles. The molecular weight excluding hydrogens is 252 g/mol. The van der Waals surface area contributed by atoms with E-state index in [-0.39, 0.29) is 0 Å². The molecule has 15 heavy (non-hydrogen) atoms. The predicted octanol–water partition coefficient (Wildman–Crippen LogP) is 3.77. The van der Waals surface area contributed by atoms with Crippen LogP contribution in [0.15, 0.2) is 22.7 Å². The van der Waals surface area contributed by atoms with Gasteiger partial charge in [0.05, 0.1) is 5.60 Å². The lowest BCUT2D eigenvalue weighted by molar-refractivity contribution is 0.00443. The molecule has 1 aliphatic carbocycles. The molecule has 1 aromatic carbocycles. The van der Waals surface area contributed by atoms with Crippen molar-refractivity contribution in [1.82, 2.24) is 0 Å². The summed E-state index contributed by atoms with van der Waals surface area (Å²) in [6.45, 7) is 4.21. The summed E-state index contributed by atoms with van der Waals surface area (Å²) >= 11 is 3.49. The largest absolute Gasteiger partial charge is 0.385 e. The van der Waals surface area contributed by atoms with Crippen LogP contribution in [-0.2, 0) is 5.60 Å². The number of halogens is 1. The predicted molar refractivity (Wildman–Crippen MR) is 65.8 cm³/mol. The summed E-state index contributed by atoms with van der Waals surface area (Å²) in [5.41, 5.74) is 1.68. The molecule has 2 atom stereocenters. The Bertz CT molecular complexity index is 375. The molecule has 0 bridgehead atoms. The molecular formula is C13H17BrO. The summed E-state index contributed by atoms with van der Waals surface area (Å²) in [6.07, 6.45) is 3.16. The van der Waals surface area contributed by atoms with Gasteiger partial charge in [-0.05, 0) is 49.3 Å².